The molecule has 0 spiro atoms. The number of nitrogens with one attached hydrogen (secondary N) is 2. The number of aliphatic imine (C=N–C) groups is 1. The molecule has 0 radical (unpaired) electrons. The van der Waals surface area contributed by atoms with E-state index in [1.54, 1.807) is 13.3 Å². The van der Waals surface area contributed by atoms with Gasteiger partial charge < -0.3 is 19.8 Å². The molecule has 0 aliphatic carbocycles. The molecule has 0 saturated carbocycles. The summed E-state index contributed by atoms with van der Waals surface area (Å²) in [4.78, 5) is 15.1. The lowest BCUT2D eigenvalue weighted by atomic mass is 10.2. The maximum Gasteiger partial charge on any atom is 0.305 e. The van der Waals surface area contributed by atoms with Gasteiger partial charge in [0.2, 0.25) is 0 Å². The van der Waals surface area contributed by atoms with E-state index < -0.39 is 0 Å². The molecule has 0 aliphatic heterocycles. The zero-order valence-corrected chi connectivity index (χ0v) is 12.9. The van der Waals surface area contributed by atoms with E-state index in [1.807, 2.05) is 12.1 Å². The Kier molecular flexibility index (Phi) is 8.75. The fraction of sp³-hybridized carbons (Fsp3) is 0.600. The fourth-order valence-electron chi connectivity index (χ4n) is 1.86. The summed E-state index contributed by atoms with van der Waals surface area (Å²) in [6.07, 6.45) is 5.84. The first-order valence-electron chi connectivity index (χ1n) is 7.30. The average Bonchev–Trinajstić information content (AvgIpc) is 3.01. The lowest BCUT2D eigenvalue weighted by molar-refractivity contribution is -0.140. The molecule has 1 rings (SSSR count). The molecule has 0 atom stereocenters. The van der Waals surface area contributed by atoms with Crippen molar-refractivity contribution >= 4 is 11.9 Å². The summed E-state index contributed by atoms with van der Waals surface area (Å²) in [6.45, 7) is 1.61. The first-order chi connectivity index (χ1) is 10.3. The third-order valence-electron chi connectivity index (χ3n) is 3.05. The average molecular weight is 295 g/mol. The molecule has 0 fully saturated rings. The first kappa shape index (κ1) is 17.1. The Bertz CT molecular complexity index is 416. The van der Waals surface area contributed by atoms with Crippen LogP contribution in [-0.4, -0.2) is 39.2 Å². The van der Waals surface area contributed by atoms with Crippen LogP contribution in [0.15, 0.2) is 27.8 Å². The van der Waals surface area contributed by atoms with Gasteiger partial charge >= 0.3 is 5.97 Å². The van der Waals surface area contributed by atoms with Gasteiger partial charge in [-0.05, 0) is 25.0 Å². The number of carbonyl (C=O) groups is 1. The third kappa shape index (κ3) is 8.02. The monoisotopic (exact) mass is 295 g/mol. The molecule has 2 N–H and O–H groups in total. The molecule has 6 heteroatoms. The van der Waals surface area contributed by atoms with Gasteiger partial charge in [-0.3, -0.25) is 9.79 Å². The number of carbonyl (C=O) groups excluding carboxylic acids is 1. The molecule has 1 aromatic rings. The summed E-state index contributed by atoms with van der Waals surface area (Å²) in [5, 5.41) is 6.47. The molecule has 0 aliphatic rings. The number of unbranched alkanes of at least 4 members (excludes halogenated alkanes) is 2. The van der Waals surface area contributed by atoms with Crippen LogP contribution in [0.4, 0.5) is 0 Å². The second kappa shape index (κ2) is 10.8. The molecule has 0 bridgehead atoms. The van der Waals surface area contributed by atoms with Crippen LogP contribution < -0.4 is 10.6 Å². The molecule has 21 heavy (non-hydrogen) atoms. The maximum atomic E-state index is 10.9. The summed E-state index contributed by atoms with van der Waals surface area (Å²) in [6, 6.07) is 3.84. The van der Waals surface area contributed by atoms with E-state index in [0.29, 0.717) is 6.42 Å². The number of hydrogen-bond acceptors (Lipinski definition) is 4. The number of esters is 1. The van der Waals surface area contributed by atoms with Gasteiger partial charge in [0.15, 0.2) is 5.96 Å². The van der Waals surface area contributed by atoms with Crippen molar-refractivity contribution in [2.75, 3.05) is 27.2 Å². The molecule has 0 saturated heterocycles. The Morgan fingerprint density at radius 3 is 2.76 bits per heavy atom. The largest absolute Gasteiger partial charge is 0.469 e. The highest BCUT2D eigenvalue weighted by Crippen LogP contribution is 2.00. The number of hydrogen-bond donors (Lipinski definition) is 2. The summed E-state index contributed by atoms with van der Waals surface area (Å²) in [5.41, 5.74) is 0. The van der Waals surface area contributed by atoms with E-state index in [-0.39, 0.29) is 5.97 Å². The van der Waals surface area contributed by atoms with Gasteiger partial charge in [-0.2, -0.15) is 0 Å². The first-order valence-corrected chi connectivity index (χ1v) is 7.30. The van der Waals surface area contributed by atoms with E-state index in [1.165, 1.54) is 7.11 Å². The molecule has 6 nitrogen and oxygen atoms in total. The molecule has 1 aromatic heterocycles. The van der Waals surface area contributed by atoms with Crippen molar-refractivity contribution in [3.8, 4) is 0 Å². The summed E-state index contributed by atoms with van der Waals surface area (Å²) in [5.74, 6) is 1.61. The van der Waals surface area contributed by atoms with Crippen molar-refractivity contribution in [3.05, 3.63) is 24.2 Å². The van der Waals surface area contributed by atoms with E-state index in [4.69, 9.17) is 4.42 Å². The van der Waals surface area contributed by atoms with Crippen molar-refractivity contribution < 1.29 is 13.9 Å². The predicted molar refractivity (Wildman–Crippen MR) is 82.3 cm³/mol. The lowest BCUT2D eigenvalue weighted by Crippen LogP contribution is -2.38. The minimum atomic E-state index is -0.140. The summed E-state index contributed by atoms with van der Waals surface area (Å²) >= 11 is 0. The maximum absolute atomic E-state index is 10.9. The normalized spacial score (nSPS) is 11.2. The van der Waals surface area contributed by atoms with Crippen LogP contribution in [-0.2, 0) is 16.0 Å². The number of guanidine groups is 1. The molecule has 118 valence electrons. The van der Waals surface area contributed by atoms with Crippen LogP contribution in [0.3, 0.4) is 0 Å². The summed E-state index contributed by atoms with van der Waals surface area (Å²) < 4.78 is 9.86. The van der Waals surface area contributed by atoms with Crippen LogP contribution in [0.2, 0.25) is 0 Å². The van der Waals surface area contributed by atoms with E-state index in [2.05, 4.69) is 20.4 Å². The molecular weight excluding hydrogens is 270 g/mol. The van der Waals surface area contributed by atoms with Crippen molar-refractivity contribution in [2.45, 2.75) is 32.1 Å². The summed E-state index contributed by atoms with van der Waals surface area (Å²) in [7, 11) is 3.17. The van der Waals surface area contributed by atoms with Gasteiger partial charge in [0.05, 0.1) is 13.4 Å². The Labute approximate surface area is 126 Å². The van der Waals surface area contributed by atoms with Gasteiger partial charge in [0, 0.05) is 33.0 Å². The number of rotatable bonds is 9. The SMILES string of the molecule is CN=C(NCCCCCC(=O)OC)NCCc1ccco1. The molecular formula is C15H25N3O3. The standard InChI is InChI=1S/C15H25N3O3/c1-16-15(18-11-9-13-7-6-12-21-13)17-10-5-3-4-8-14(19)20-2/h6-7,12H,3-5,8-11H2,1-2H3,(H2,16,17,18). The highest BCUT2D eigenvalue weighted by atomic mass is 16.5. The lowest BCUT2D eigenvalue weighted by Gasteiger charge is -2.11. The van der Waals surface area contributed by atoms with Gasteiger partial charge in [-0.25, -0.2) is 0 Å². The third-order valence-corrected chi connectivity index (χ3v) is 3.05. The number of ether oxygens (including phenoxy) is 1. The van der Waals surface area contributed by atoms with Gasteiger partial charge in [0.25, 0.3) is 0 Å². The van der Waals surface area contributed by atoms with E-state index in [9.17, 15) is 4.79 Å². The van der Waals surface area contributed by atoms with Crippen LogP contribution in [0, 0.1) is 0 Å². The second-order valence-corrected chi connectivity index (χ2v) is 4.64. The highest BCUT2D eigenvalue weighted by Gasteiger charge is 2.01. The number of furan rings is 1. The van der Waals surface area contributed by atoms with E-state index in [0.717, 1.165) is 50.5 Å². The quantitative estimate of drug-likeness (QED) is 0.314. The number of methoxy groups -OCH3 is 1. The van der Waals surface area contributed by atoms with Gasteiger partial charge in [-0.1, -0.05) is 6.42 Å². The molecule has 0 unspecified atom stereocenters. The van der Waals surface area contributed by atoms with Crippen LogP contribution in [0.1, 0.15) is 31.4 Å². The van der Waals surface area contributed by atoms with Crippen molar-refractivity contribution in [1.29, 1.82) is 0 Å². The Morgan fingerprint density at radius 1 is 1.29 bits per heavy atom. The smallest absolute Gasteiger partial charge is 0.305 e. The molecule has 1 heterocycles. The van der Waals surface area contributed by atoms with Crippen molar-refractivity contribution in [3.63, 3.8) is 0 Å². The molecule has 0 aromatic carbocycles. The zero-order valence-electron chi connectivity index (χ0n) is 12.9. The zero-order chi connectivity index (χ0) is 15.3. The molecule has 0 amide bonds. The second-order valence-electron chi connectivity index (χ2n) is 4.64. The van der Waals surface area contributed by atoms with Gasteiger partial charge in [-0.15, -0.1) is 0 Å². The minimum Gasteiger partial charge on any atom is -0.469 e. The topological polar surface area (TPSA) is 75.9 Å². The Balaban J connectivity index is 2.02. The minimum absolute atomic E-state index is 0.140. The van der Waals surface area contributed by atoms with Crippen LogP contribution in [0.5, 0.6) is 0 Å². The fourth-order valence-corrected chi connectivity index (χ4v) is 1.86. The predicted octanol–water partition coefficient (Wildman–Crippen LogP) is 1.72. The Hall–Kier alpha value is -1.98. The van der Waals surface area contributed by atoms with E-state index >= 15 is 0 Å². The van der Waals surface area contributed by atoms with Crippen molar-refractivity contribution in [2.24, 2.45) is 4.99 Å². The van der Waals surface area contributed by atoms with Crippen molar-refractivity contribution in [1.82, 2.24) is 10.6 Å². The van der Waals surface area contributed by atoms with Gasteiger partial charge in [0.1, 0.15) is 5.76 Å². The van der Waals surface area contributed by atoms with Crippen LogP contribution >= 0.6 is 0 Å². The highest BCUT2D eigenvalue weighted by molar-refractivity contribution is 5.79. The Morgan fingerprint density at radius 2 is 2.10 bits per heavy atom. The van der Waals surface area contributed by atoms with Crippen LogP contribution in [0.25, 0.3) is 0 Å². The number of nitrogens with zero attached hydrogens (tertiary/aromatic N) is 1.